The second kappa shape index (κ2) is 7.64. The molecule has 0 saturated carbocycles. The summed E-state index contributed by atoms with van der Waals surface area (Å²) in [5.74, 6) is -0.654. The highest BCUT2D eigenvalue weighted by Crippen LogP contribution is 2.32. The molecule has 0 aliphatic carbocycles. The summed E-state index contributed by atoms with van der Waals surface area (Å²) in [6.07, 6.45) is 1.23. The van der Waals surface area contributed by atoms with Crippen molar-refractivity contribution in [2.45, 2.75) is 12.1 Å². The number of benzene rings is 1. The van der Waals surface area contributed by atoms with Gasteiger partial charge in [0.1, 0.15) is 16.5 Å². The highest BCUT2D eigenvalue weighted by molar-refractivity contribution is 8.03. The number of nitro groups is 1. The summed E-state index contributed by atoms with van der Waals surface area (Å²) in [5, 5.41) is 29.7. The van der Waals surface area contributed by atoms with Crippen molar-refractivity contribution in [2.24, 2.45) is 0 Å². The number of aryl methyl sites for hydroxylation is 1. The van der Waals surface area contributed by atoms with E-state index in [0.29, 0.717) is 17.2 Å². The summed E-state index contributed by atoms with van der Waals surface area (Å²) in [6, 6.07) is 7.26. The molecule has 2 heterocycles. The van der Waals surface area contributed by atoms with Gasteiger partial charge in [-0.15, -0.1) is 10.2 Å². The van der Waals surface area contributed by atoms with E-state index in [-0.39, 0.29) is 26.6 Å². The highest BCUT2D eigenvalue weighted by Gasteiger charge is 2.15. The number of thioether (sulfide) groups is 1. The number of aliphatic carboxylic acids is 1. The van der Waals surface area contributed by atoms with E-state index in [9.17, 15) is 20.0 Å². The summed E-state index contributed by atoms with van der Waals surface area (Å²) in [7, 11) is 0. The lowest BCUT2D eigenvalue weighted by Gasteiger charge is -2.04. The average Bonchev–Trinajstić information content (AvgIpc) is 3.23. The molecule has 0 radical (unpaired) electrons. The van der Waals surface area contributed by atoms with Gasteiger partial charge in [-0.1, -0.05) is 11.6 Å². The number of hydrogen-bond donors (Lipinski definition) is 0. The summed E-state index contributed by atoms with van der Waals surface area (Å²) in [6.45, 7) is 1.57. The van der Waals surface area contributed by atoms with Gasteiger partial charge in [0.25, 0.3) is 10.9 Å². The minimum absolute atomic E-state index is 0.000846. The molecular weight excluding hydrogens is 398 g/mol. The summed E-state index contributed by atoms with van der Waals surface area (Å²) >= 11 is 6.51. The van der Waals surface area contributed by atoms with Crippen molar-refractivity contribution >= 4 is 41.1 Å². The lowest BCUT2D eigenvalue weighted by Crippen LogP contribution is -2.22. The van der Waals surface area contributed by atoms with Crippen molar-refractivity contribution in [1.29, 1.82) is 0 Å². The molecule has 0 N–H and O–H groups in total. The Kier molecular flexibility index (Phi) is 5.28. The quantitative estimate of drug-likeness (QED) is 0.261. The van der Waals surface area contributed by atoms with E-state index < -0.39 is 10.9 Å². The van der Waals surface area contributed by atoms with Crippen LogP contribution in [0.5, 0.6) is 0 Å². The maximum absolute atomic E-state index is 11.3. The van der Waals surface area contributed by atoms with Crippen LogP contribution in [0, 0.1) is 17.0 Å². The number of rotatable bonds is 6. The van der Waals surface area contributed by atoms with Crippen LogP contribution in [0.4, 0.5) is 5.69 Å². The first kappa shape index (κ1) is 18.7. The smallest absolute Gasteiger partial charge is 0.288 e. The van der Waals surface area contributed by atoms with E-state index >= 15 is 0 Å². The lowest BCUT2D eigenvalue weighted by atomic mass is 10.1. The Morgan fingerprint density at radius 3 is 2.67 bits per heavy atom. The molecule has 27 heavy (non-hydrogen) atoms. The minimum atomic E-state index is -1.45. The van der Waals surface area contributed by atoms with Gasteiger partial charge in [-0.05, 0) is 42.1 Å². The van der Waals surface area contributed by atoms with E-state index in [2.05, 4.69) is 10.2 Å². The normalized spacial score (nSPS) is 11.6. The number of nitrogens with zero attached hydrogens (tertiary/aromatic N) is 3. The Bertz CT molecular complexity index is 1060. The van der Waals surface area contributed by atoms with Gasteiger partial charge in [0, 0.05) is 23.5 Å². The van der Waals surface area contributed by atoms with Gasteiger partial charge in [-0.25, -0.2) is 0 Å². The zero-order valence-electron chi connectivity index (χ0n) is 13.5. The van der Waals surface area contributed by atoms with Gasteiger partial charge in [0.05, 0.1) is 10.9 Å². The summed E-state index contributed by atoms with van der Waals surface area (Å²) < 4.78 is 10.7. The minimum Gasteiger partial charge on any atom is -0.544 e. The standard InChI is InChI=1S/C16H10ClN3O6S/c1-8-18-19-16(25-8)27-14(15(21)22)7-10-3-5-13(26-10)9-2-4-11(17)12(6-9)20(23)24/h2-7H,1H3,(H,21,22)/p-1/b14-7+. The van der Waals surface area contributed by atoms with Crippen molar-refractivity contribution in [3.63, 3.8) is 0 Å². The van der Waals surface area contributed by atoms with Crippen LogP contribution in [0.3, 0.4) is 0 Å². The van der Waals surface area contributed by atoms with Crippen LogP contribution in [-0.2, 0) is 4.79 Å². The van der Waals surface area contributed by atoms with Gasteiger partial charge in [0.15, 0.2) is 0 Å². The van der Waals surface area contributed by atoms with E-state index in [4.69, 9.17) is 20.4 Å². The predicted octanol–water partition coefficient (Wildman–Crippen LogP) is 3.08. The number of halogens is 1. The maximum Gasteiger partial charge on any atom is 0.288 e. The topological polar surface area (TPSA) is 135 Å². The Balaban J connectivity index is 1.89. The first-order valence-electron chi connectivity index (χ1n) is 7.28. The van der Waals surface area contributed by atoms with Crippen molar-refractivity contribution in [1.82, 2.24) is 10.2 Å². The van der Waals surface area contributed by atoms with Crippen LogP contribution in [0.15, 0.2) is 49.3 Å². The molecule has 3 rings (SSSR count). The van der Waals surface area contributed by atoms with Crippen molar-refractivity contribution < 1.29 is 23.7 Å². The SMILES string of the molecule is Cc1nnc(S/C(=C/c2ccc(-c3ccc(Cl)c([N+](=O)[O-])c3)o2)C(=O)[O-])o1. The monoisotopic (exact) mass is 406 g/mol. The number of furan rings is 1. The third kappa shape index (κ3) is 4.36. The number of carbonyl (C=O) groups is 1. The summed E-state index contributed by atoms with van der Waals surface area (Å²) in [5.41, 5.74) is 0.154. The molecule has 0 amide bonds. The molecule has 1 aromatic carbocycles. The zero-order chi connectivity index (χ0) is 19.6. The zero-order valence-corrected chi connectivity index (χ0v) is 15.1. The molecule has 2 aromatic heterocycles. The third-order valence-electron chi connectivity index (χ3n) is 3.23. The molecule has 0 spiro atoms. The molecule has 0 fully saturated rings. The molecule has 11 heteroatoms. The fourth-order valence-electron chi connectivity index (χ4n) is 2.06. The second-order valence-corrected chi connectivity index (χ2v) is 6.51. The van der Waals surface area contributed by atoms with Gasteiger partial charge in [-0.3, -0.25) is 10.1 Å². The van der Waals surface area contributed by atoms with Crippen molar-refractivity contribution in [2.75, 3.05) is 0 Å². The van der Waals surface area contributed by atoms with Gasteiger partial charge < -0.3 is 18.7 Å². The molecule has 3 aromatic rings. The molecule has 0 aliphatic rings. The predicted molar refractivity (Wildman–Crippen MR) is 93.7 cm³/mol. The van der Waals surface area contributed by atoms with Gasteiger partial charge in [-0.2, -0.15) is 0 Å². The van der Waals surface area contributed by atoms with Crippen LogP contribution in [0.2, 0.25) is 5.02 Å². The highest BCUT2D eigenvalue weighted by atomic mass is 35.5. The molecule has 0 bridgehead atoms. The Morgan fingerprint density at radius 2 is 2.04 bits per heavy atom. The first-order valence-corrected chi connectivity index (χ1v) is 8.48. The number of carboxylic acids is 1. The van der Waals surface area contributed by atoms with Crippen molar-refractivity contribution in [3.05, 3.63) is 62.0 Å². The number of carboxylic acid groups (broad SMARTS) is 1. The van der Waals surface area contributed by atoms with Crippen LogP contribution in [-0.4, -0.2) is 21.1 Å². The fourth-order valence-corrected chi connectivity index (χ4v) is 2.94. The van der Waals surface area contributed by atoms with E-state index in [0.717, 1.165) is 11.8 Å². The number of hydrogen-bond acceptors (Lipinski definition) is 9. The number of nitro benzene ring substituents is 1. The molecule has 9 nitrogen and oxygen atoms in total. The second-order valence-electron chi connectivity index (χ2n) is 5.11. The van der Waals surface area contributed by atoms with E-state index in [1.54, 1.807) is 19.1 Å². The Labute approximate surface area is 160 Å². The first-order chi connectivity index (χ1) is 12.8. The van der Waals surface area contributed by atoms with E-state index in [1.807, 2.05) is 0 Å². The Morgan fingerprint density at radius 1 is 1.26 bits per heavy atom. The third-order valence-corrected chi connectivity index (χ3v) is 4.40. The molecular formula is C16H9ClN3O6S-. The molecule has 138 valence electrons. The number of aromatic nitrogens is 2. The van der Waals surface area contributed by atoms with Crippen LogP contribution in [0.25, 0.3) is 17.4 Å². The van der Waals surface area contributed by atoms with Gasteiger partial charge in [0.2, 0.25) is 5.89 Å². The Hall–Kier alpha value is -3.11. The number of carbonyl (C=O) groups excluding carboxylic acids is 1. The summed E-state index contributed by atoms with van der Waals surface area (Å²) in [4.78, 5) is 21.5. The molecule has 0 saturated heterocycles. The largest absolute Gasteiger partial charge is 0.544 e. The fraction of sp³-hybridized carbons (Fsp3) is 0.0625. The van der Waals surface area contributed by atoms with Crippen LogP contribution in [0.1, 0.15) is 11.7 Å². The molecule has 0 aliphatic heterocycles. The molecule has 0 atom stereocenters. The van der Waals surface area contributed by atoms with Crippen LogP contribution >= 0.6 is 23.4 Å². The van der Waals surface area contributed by atoms with Gasteiger partial charge >= 0.3 is 0 Å². The van der Waals surface area contributed by atoms with Crippen molar-refractivity contribution in [3.8, 4) is 11.3 Å². The lowest BCUT2D eigenvalue weighted by molar-refractivity contribution is -0.384. The molecule has 0 unspecified atom stereocenters. The average molecular weight is 407 g/mol. The maximum atomic E-state index is 11.3. The van der Waals surface area contributed by atoms with E-state index in [1.165, 1.54) is 24.3 Å². The van der Waals surface area contributed by atoms with Crippen LogP contribution < -0.4 is 5.11 Å².